The van der Waals surface area contributed by atoms with E-state index in [0.29, 0.717) is 0 Å². The molecule has 1 aromatic rings. The third-order valence-corrected chi connectivity index (χ3v) is 2.74. The van der Waals surface area contributed by atoms with Gasteiger partial charge in [-0.1, -0.05) is 30.3 Å². The number of esters is 1. The van der Waals surface area contributed by atoms with Crippen LogP contribution >= 0.6 is 0 Å². The van der Waals surface area contributed by atoms with Gasteiger partial charge in [0.15, 0.2) is 6.61 Å². The Morgan fingerprint density at radius 2 is 1.86 bits per heavy atom. The molecule has 21 heavy (non-hydrogen) atoms. The molecule has 0 aliphatic carbocycles. The quantitative estimate of drug-likeness (QED) is 0.732. The van der Waals surface area contributed by atoms with Gasteiger partial charge in [0.05, 0.1) is 12.5 Å². The Kier molecular flexibility index (Phi) is 6.94. The first kappa shape index (κ1) is 16.7. The monoisotopic (exact) mass is 292 g/mol. The first-order valence-corrected chi connectivity index (χ1v) is 6.73. The van der Waals surface area contributed by atoms with E-state index in [-0.39, 0.29) is 37.4 Å². The average molecular weight is 292 g/mol. The van der Waals surface area contributed by atoms with Crippen molar-refractivity contribution in [2.45, 2.75) is 26.3 Å². The maximum absolute atomic E-state index is 11.7. The number of benzene rings is 1. The van der Waals surface area contributed by atoms with Gasteiger partial charge < -0.3 is 15.4 Å². The Balaban J connectivity index is 2.24. The standard InChI is InChI=1S/C15H20N2O4/c1-11(13-6-4-3-5-7-13)17-14(19)10-21-15(20)8-9-16-12(2)18/h3-7,11H,8-10H2,1-2H3,(H,16,18)(H,17,19)/t11-/m0/s1. The van der Waals surface area contributed by atoms with Gasteiger partial charge in [-0.3, -0.25) is 14.4 Å². The zero-order valence-corrected chi connectivity index (χ0v) is 12.2. The summed E-state index contributed by atoms with van der Waals surface area (Å²) in [5.41, 5.74) is 0.975. The lowest BCUT2D eigenvalue weighted by molar-refractivity contribution is -0.148. The summed E-state index contributed by atoms with van der Waals surface area (Å²) in [5.74, 6) is -1.09. The van der Waals surface area contributed by atoms with Crippen LogP contribution in [0.5, 0.6) is 0 Å². The Bertz CT molecular complexity index is 488. The molecule has 114 valence electrons. The van der Waals surface area contributed by atoms with Crippen LogP contribution < -0.4 is 10.6 Å². The first-order chi connectivity index (χ1) is 9.99. The van der Waals surface area contributed by atoms with E-state index in [2.05, 4.69) is 10.6 Å². The fourth-order valence-electron chi connectivity index (χ4n) is 1.67. The van der Waals surface area contributed by atoms with E-state index in [9.17, 15) is 14.4 Å². The molecule has 1 rings (SSSR count). The SMILES string of the molecule is CC(=O)NCCC(=O)OCC(=O)N[C@@H](C)c1ccccc1. The highest BCUT2D eigenvalue weighted by molar-refractivity contribution is 5.81. The zero-order valence-electron chi connectivity index (χ0n) is 12.2. The van der Waals surface area contributed by atoms with E-state index in [1.165, 1.54) is 6.92 Å². The molecule has 6 nitrogen and oxygen atoms in total. The van der Waals surface area contributed by atoms with Gasteiger partial charge in [0.25, 0.3) is 5.91 Å². The van der Waals surface area contributed by atoms with Crippen molar-refractivity contribution < 1.29 is 19.1 Å². The predicted molar refractivity (Wildman–Crippen MR) is 77.3 cm³/mol. The lowest BCUT2D eigenvalue weighted by Gasteiger charge is -2.14. The van der Waals surface area contributed by atoms with E-state index < -0.39 is 5.97 Å². The molecule has 0 fully saturated rings. The molecule has 0 saturated heterocycles. The molecule has 6 heteroatoms. The number of hydrogen-bond acceptors (Lipinski definition) is 4. The fourth-order valence-corrected chi connectivity index (χ4v) is 1.67. The molecular weight excluding hydrogens is 272 g/mol. The van der Waals surface area contributed by atoms with Gasteiger partial charge >= 0.3 is 5.97 Å². The van der Waals surface area contributed by atoms with Gasteiger partial charge in [-0.2, -0.15) is 0 Å². The minimum Gasteiger partial charge on any atom is -0.456 e. The van der Waals surface area contributed by atoms with Crippen molar-refractivity contribution in [2.75, 3.05) is 13.2 Å². The maximum Gasteiger partial charge on any atom is 0.308 e. The van der Waals surface area contributed by atoms with Crippen LogP contribution in [-0.2, 0) is 19.1 Å². The lowest BCUT2D eigenvalue weighted by Crippen LogP contribution is -2.31. The van der Waals surface area contributed by atoms with Crippen molar-refractivity contribution in [2.24, 2.45) is 0 Å². The van der Waals surface area contributed by atoms with Crippen LogP contribution in [0.15, 0.2) is 30.3 Å². The van der Waals surface area contributed by atoms with Crippen molar-refractivity contribution in [1.29, 1.82) is 0 Å². The Morgan fingerprint density at radius 3 is 2.48 bits per heavy atom. The minimum atomic E-state index is -0.522. The number of rotatable bonds is 7. The van der Waals surface area contributed by atoms with Gasteiger partial charge in [0, 0.05) is 13.5 Å². The predicted octanol–water partition coefficient (Wildman–Crippen LogP) is 0.933. The first-order valence-electron chi connectivity index (χ1n) is 6.73. The number of hydrogen-bond donors (Lipinski definition) is 2. The number of ether oxygens (including phenoxy) is 1. The zero-order chi connectivity index (χ0) is 15.7. The van der Waals surface area contributed by atoms with E-state index in [4.69, 9.17) is 4.74 Å². The van der Waals surface area contributed by atoms with Gasteiger partial charge in [0.1, 0.15) is 0 Å². The molecule has 0 aliphatic heterocycles. The second kappa shape index (κ2) is 8.73. The molecule has 0 saturated carbocycles. The van der Waals surface area contributed by atoms with Crippen LogP contribution in [0.25, 0.3) is 0 Å². The van der Waals surface area contributed by atoms with Crippen LogP contribution in [-0.4, -0.2) is 30.9 Å². The molecule has 1 atom stereocenters. The Labute approximate surface area is 123 Å². The van der Waals surface area contributed by atoms with E-state index in [1.54, 1.807) is 0 Å². The Hall–Kier alpha value is -2.37. The average Bonchev–Trinajstić information content (AvgIpc) is 2.45. The molecular formula is C15H20N2O4. The van der Waals surface area contributed by atoms with Crippen molar-refractivity contribution in [3.05, 3.63) is 35.9 Å². The highest BCUT2D eigenvalue weighted by atomic mass is 16.5. The molecule has 1 aromatic carbocycles. The molecule has 0 aliphatic rings. The van der Waals surface area contributed by atoms with Crippen molar-refractivity contribution in [1.82, 2.24) is 10.6 Å². The normalized spacial score (nSPS) is 11.3. The second-order valence-electron chi connectivity index (χ2n) is 4.59. The largest absolute Gasteiger partial charge is 0.456 e. The van der Waals surface area contributed by atoms with Gasteiger partial charge in [-0.25, -0.2) is 0 Å². The number of nitrogens with one attached hydrogen (secondary N) is 2. The highest BCUT2D eigenvalue weighted by Crippen LogP contribution is 2.10. The summed E-state index contributed by atoms with van der Waals surface area (Å²) in [5, 5.41) is 5.22. The summed E-state index contributed by atoms with van der Waals surface area (Å²) in [6.45, 7) is 3.10. The summed E-state index contributed by atoms with van der Waals surface area (Å²) < 4.78 is 4.82. The number of carbonyl (C=O) groups is 3. The van der Waals surface area contributed by atoms with Gasteiger partial charge in [-0.15, -0.1) is 0 Å². The molecule has 2 amide bonds. The fraction of sp³-hybridized carbons (Fsp3) is 0.400. The molecule has 2 N–H and O–H groups in total. The smallest absolute Gasteiger partial charge is 0.308 e. The van der Waals surface area contributed by atoms with Crippen LogP contribution in [0.1, 0.15) is 31.9 Å². The molecule has 0 spiro atoms. The molecule has 0 aromatic heterocycles. The van der Waals surface area contributed by atoms with Crippen molar-refractivity contribution in [3.8, 4) is 0 Å². The van der Waals surface area contributed by atoms with Crippen LogP contribution in [0, 0.1) is 0 Å². The second-order valence-corrected chi connectivity index (χ2v) is 4.59. The van der Waals surface area contributed by atoms with E-state index >= 15 is 0 Å². The van der Waals surface area contributed by atoms with Crippen LogP contribution in [0.4, 0.5) is 0 Å². The molecule has 0 heterocycles. The molecule has 0 unspecified atom stereocenters. The third kappa shape index (κ3) is 7.10. The summed E-state index contributed by atoms with van der Waals surface area (Å²) in [7, 11) is 0. The maximum atomic E-state index is 11.7. The van der Waals surface area contributed by atoms with E-state index in [1.807, 2.05) is 37.3 Å². The lowest BCUT2D eigenvalue weighted by atomic mass is 10.1. The summed E-state index contributed by atoms with van der Waals surface area (Å²) in [4.78, 5) is 33.6. The number of carbonyl (C=O) groups excluding carboxylic acids is 3. The molecule has 0 radical (unpaired) electrons. The van der Waals surface area contributed by atoms with Crippen molar-refractivity contribution >= 4 is 17.8 Å². The van der Waals surface area contributed by atoms with Gasteiger partial charge in [0.2, 0.25) is 5.91 Å². The van der Waals surface area contributed by atoms with Crippen LogP contribution in [0.3, 0.4) is 0 Å². The van der Waals surface area contributed by atoms with E-state index in [0.717, 1.165) is 5.56 Å². The minimum absolute atomic E-state index is 0.0428. The summed E-state index contributed by atoms with van der Waals surface area (Å²) in [6, 6.07) is 9.33. The third-order valence-electron chi connectivity index (χ3n) is 2.74. The summed E-state index contributed by atoms with van der Waals surface area (Å²) >= 11 is 0. The highest BCUT2D eigenvalue weighted by Gasteiger charge is 2.11. The Morgan fingerprint density at radius 1 is 1.19 bits per heavy atom. The van der Waals surface area contributed by atoms with Crippen LogP contribution in [0.2, 0.25) is 0 Å². The van der Waals surface area contributed by atoms with Gasteiger partial charge in [-0.05, 0) is 12.5 Å². The topological polar surface area (TPSA) is 84.5 Å². The molecule has 0 bridgehead atoms. The number of amides is 2. The van der Waals surface area contributed by atoms with Crippen molar-refractivity contribution in [3.63, 3.8) is 0 Å². The summed E-state index contributed by atoms with van der Waals surface area (Å²) in [6.07, 6.45) is 0.0428.